The van der Waals surface area contributed by atoms with E-state index in [9.17, 15) is 4.79 Å². The van der Waals surface area contributed by atoms with Crippen LogP contribution in [0.5, 0.6) is 5.75 Å². The molecule has 0 aliphatic carbocycles. The Morgan fingerprint density at radius 2 is 1.96 bits per heavy atom. The third-order valence-corrected chi connectivity index (χ3v) is 3.67. The maximum Gasteiger partial charge on any atom is 0.317 e. The van der Waals surface area contributed by atoms with Crippen molar-refractivity contribution in [2.75, 3.05) is 25.5 Å². The van der Waals surface area contributed by atoms with Crippen LogP contribution in [-0.2, 0) is 6.54 Å². The largest absolute Gasteiger partial charge is 0.497 e. The number of likely N-dealkylation sites (tertiary alicyclic amines) is 1. The summed E-state index contributed by atoms with van der Waals surface area (Å²) in [7, 11) is 1.63. The summed E-state index contributed by atoms with van der Waals surface area (Å²) in [5, 5.41) is 6.10. The van der Waals surface area contributed by atoms with Gasteiger partial charge in [-0.25, -0.2) is 14.8 Å². The first-order valence-corrected chi connectivity index (χ1v) is 7.44. The number of benzene rings is 1. The average Bonchev–Trinajstić information content (AvgIpc) is 2.57. The molecule has 1 aliphatic heterocycles. The molecule has 0 radical (unpaired) electrons. The van der Waals surface area contributed by atoms with Crippen molar-refractivity contribution in [3.63, 3.8) is 0 Å². The number of nitrogens with zero attached hydrogens (tertiary/aromatic N) is 3. The summed E-state index contributed by atoms with van der Waals surface area (Å²) in [6.07, 6.45) is 3.38. The van der Waals surface area contributed by atoms with Gasteiger partial charge in [-0.05, 0) is 23.8 Å². The van der Waals surface area contributed by atoms with E-state index in [0.29, 0.717) is 25.6 Å². The number of rotatable bonds is 5. The smallest absolute Gasteiger partial charge is 0.317 e. The highest BCUT2D eigenvalue weighted by atomic mass is 16.5. The van der Waals surface area contributed by atoms with Crippen molar-refractivity contribution < 1.29 is 9.53 Å². The number of amides is 2. The van der Waals surface area contributed by atoms with Crippen LogP contribution in [0.4, 0.5) is 10.7 Å². The second kappa shape index (κ2) is 6.95. The van der Waals surface area contributed by atoms with E-state index in [1.54, 1.807) is 30.5 Å². The minimum Gasteiger partial charge on any atom is -0.497 e. The highest BCUT2D eigenvalue weighted by Gasteiger charge is 2.30. The van der Waals surface area contributed by atoms with Crippen molar-refractivity contribution in [1.29, 1.82) is 0 Å². The number of methoxy groups -OCH3 is 1. The molecule has 23 heavy (non-hydrogen) atoms. The van der Waals surface area contributed by atoms with Crippen molar-refractivity contribution in [1.82, 2.24) is 20.2 Å². The van der Waals surface area contributed by atoms with Gasteiger partial charge >= 0.3 is 6.03 Å². The van der Waals surface area contributed by atoms with Gasteiger partial charge in [0.05, 0.1) is 13.2 Å². The summed E-state index contributed by atoms with van der Waals surface area (Å²) in [6.45, 7) is 1.79. The lowest BCUT2D eigenvalue weighted by Crippen LogP contribution is -2.59. The van der Waals surface area contributed by atoms with Gasteiger partial charge in [0.25, 0.3) is 0 Å². The molecule has 1 aliphatic rings. The number of carbonyl (C=O) groups is 1. The molecule has 120 valence electrons. The second-order valence-electron chi connectivity index (χ2n) is 5.33. The predicted molar refractivity (Wildman–Crippen MR) is 86.2 cm³/mol. The molecule has 7 heteroatoms. The molecule has 1 aromatic heterocycles. The first-order chi connectivity index (χ1) is 11.2. The number of nitrogens with one attached hydrogen (secondary N) is 2. The minimum absolute atomic E-state index is 0.0622. The highest BCUT2D eigenvalue weighted by Crippen LogP contribution is 2.13. The minimum atomic E-state index is -0.0622. The summed E-state index contributed by atoms with van der Waals surface area (Å²) >= 11 is 0. The Morgan fingerprint density at radius 3 is 2.61 bits per heavy atom. The van der Waals surface area contributed by atoms with Gasteiger partial charge in [0.15, 0.2) is 0 Å². The quantitative estimate of drug-likeness (QED) is 0.874. The maximum atomic E-state index is 12.1. The lowest BCUT2D eigenvalue weighted by Gasteiger charge is -2.39. The van der Waals surface area contributed by atoms with Crippen LogP contribution in [0.25, 0.3) is 0 Å². The fourth-order valence-electron chi connectivity index (χ4n) is 2.32. The van der Waals surface area contributed by atoms with Gasteiger partial charge in [-0.3, -0.25) is 0 Å². The van der Waals surface area contributed by atoms with Crippen molar-refractivity contribution in [3.8, 4) is 5.75 Å². The van der Waals surface area contributed by atoms with Crippen molar-refractivity contribution in [2.24, 2.45) is 0 Å². The number of hydrogen-bond donors (Lipinski definition) is 2. The predicted octanol–water partition coefficient (Wildman–Crippen LogP) is 1.49. The molecule has 0 saturated carbocycles. The first-order valence-electron chi connectivity index (χ1n) is 7.44. The van der Waals surface area contributed by atoms with E-state index in [-0.39, 0.29) is 12.1 Å². The van der Waals surface area contributed by atoms with Gasteiger partial charge in [0.1, 0.15) is 5.75 Å². The molecule has 0 unspecified atom stereocenters. The van der Waals surface area contributed by atoms with E-state index in [0.717, 1.165) is 11.3 Å². The third-order valence-electron chi connectivity index (χ3n) is 3.67. The van der Waals surface area contributed by atoms with Gasteiger partial charge in [-0.1, -0.05) is 12.1 Å². The Bertz CT molecular complexity index is 641. The van der Waals surface area contributed by atoms with Crippen LogP contribution in [0.1, 0.15) is 5.56 Å². The summed E-state index contributed by atoms with van der Waals surface area (Å²) in [5.41, 5.74) is 1.03. The molecule has 1 aromatic carbocycles. The molecule has 2 aromatic rings. The van der Waals surface area contributed by atoms with Crippen LogP contribution in [0.15, 0.2) is 42.7 Å². The number of urea groups is 1. The molecule has 2 heterocycles. The van der Waals surface area contributed by atoms with Crippen molar-refractivity contribution >= 4 is 12.0 Å². The molecule has 1 saturated heterocycles. The fraction of sp³-hybridized carbons (Fsp3) is 0.312. The standard InChI is InChI=1S/C16H19N5O2/c1-23-14-5-3-12(4-6-14)9-19-16(22)21-10-13(11-21)20-15-17-7-2-8-18-15/h2-8,13H,9-11H2,1H3,(H,19,22)(H,17,18,20). The monoisotopic (exact) mass is 313 g/mol. The molecule has 0 bridgehead atoms. The normalized spacial score (nSPS) is 14.0. The van der Waals surface area contributed by atoms with Gasteiger partial charge < -0.3 is 20.3 Å². The van der Waals surface area contributed by atoms with E-state index >= 15 is 0 Å². The van der Waals surface area contributed by atoms with Gasteiger partial charge in [0.2, 0.25) is 5.95 Å². The molecular formula is C16H19N5O2. The van der Waals surface area contributed by atoms with Crippen LogP contribution in [-0.4, -0.2) is 47.1 Å². The van der Waals surface area contributed by atoms with Gasteiger partial charge in [-0.2, -0.15) is 0 Å². The molecule has 0 spiro atoms. The molecule has 7 nitrogen and oxygen atoms in total. The van der Waals surface area contributed by atoms with E-state index < -0.39 is 0 Å². The zero-order valence-corrected chi connectivity index (χ0v) is 12.9. The van der Waals surface area contributed by atoms with Crippen LogP contribution in [0.3, 0.4) is 0 Å². The lowest BCUT2D eigenvalue weighted by molar-refractivity contribution is 0.157. The molecular weight excluding hydrogens is 294 g/mol. The van der Waals surface area contributed by atoms with E-state index in [1.807, 2.05) is 24.3 Å². The summed E-state index contributed by atoms with van der Waals surface area (Å²) < 4.78 is 5.11. The molecule has 1 fully saturated rings. The van der Waals surface area contributed by atoms with E-state index in [1.165, 1.54) is 0 Å². The molecule has 2 N–H and O–H groups in total. The zero-order chi connectivity index (χ0) is 16.1. The van der Waals surface area contributed by atoms with Crippen molar-refractivity contribution in [2.45, 2.75) is 12.6 Å². The summed E-state index contributed by atoms with van der Waals surface area (Å²) in [5.74, 6) is 1.40. The van der Waals surface area contributed by atoms with Crippen LogP contribution in [0.2, 0.25) is 0 Å². The molecule has 0 atom stereocenters. The Kier molecular flexibility index (Phi) is 4.56. The summed E-state index contributed by atoms with van der Waals surface area (Å²) in [4.78, 5) is 22.0. The fourth-order valence-corrected chi connectivity index (χ4v) is 2.32. The van der Waals surface area contributed by atoms with Crippen molar-refractivity contribution in [3.05, 3.63) is 48.3 Å². The zero-order valence-electron chi connectivity index (χ0n) is 12.9. The number of hydrogen-bond acceptors (Lipinski definition) is 5. The number of ether oxygens (including phenoxy) is 1. The van der Waals surface area contributed by atoms with E-state index in [4.69, 9.17) is 4.74 Å². The maximum absolute atomic E-state index is 12.1. The van der Waals surface area contributed by atoms with Crippen LogP contribution >= 0.6 is 0 Å². The van der Waals surface area contributed by atoms with Crippen LogP contribution < -0.4 is 15.4 Å². The lowest BCUT2D eigenvalue weighted by atomic mass is 10.1. The topological polar surface area (TPSA) is 79.4 Å². The molecule has 3 rings (SSSR count). The Balaban J connectivity index is 1.40. The second-order valence-corrected chi connectivity index (χ2v) is 5.33. The van der Waals surface area contributed by atoms with Crippen LogP contribution in [0, 0.1) is 0 Å². The average molecular weight is 313 g/mol. The Hall–Kier alpha value is -2.83. The Labute approximate surface area is 134 Å². The summed E-state index contributed by atoms with van der Waals surface area (Å²) in [6, 6.07) is 9.54. The van der Waals surface area contributed by atoms with Gasteiger partial charge in [-0.15, -0.1) is 0 Å². The third kappa shape index (κ3) is 3.88. The highest BCUT2D eigenvalue weighted by molar-refractivity contribution is 5.75. The number of anilines is 1. The van der Waals surface area contributed by atoms with Gasteiger partial charge in [0, 0.05) is 32.0 Å². The first kappa shape index (κ1) is 15.1. The molecule has 2 amide bonds. The SMILES string of the molecule is COc1ccc(CNC(=O)N2CC(Nc3ncccn3)C2)cc1. The number of carbonyl (C=O) groups excluding carboxylic acids is 1. The van der Waals surface area contributed by atoms with E-state index in [2.05, 4.69) is 20.6 Å². The Morgan fingerprint density at radius 1 is 1.26 bits per heavy atom. The number of aromatic nitrogens is 2.